The zero-order valence-electron chi connectivity index (χ0n) is 11.0. The van der Waals surface area contributed by atoms with E-state index in [1.54, 1.807) is 0 Å². The zero-order valence-corrected chi connectivity index (χ0v) is 11.0. The van der Waals surface area contributed by atoms with Gasteiger partial charge in [-0.25, -0.2) is 0 Å². The van der Waals surface area contributed by atoms with E-state index in [0.717, 1.165) is 18.0 Å². The molecule has 0 bridgehead atoms. The van der Waals surface area contributed by atoms with Crippen molar-refractivity contribution in [2.75, 3.05) is 19.6 Å². The third-order valence-electron chi connectivity index (χ3n) is 4.53. The van der Waals surface area contributed by atoms with Gasteiger partial charge in [-0.15, -0.1) is 0 Å². The van der Waals surface area contributed by atoms with Gasteiger partial charge in [0.25, 0.3) is 0 Å². The van der Waals surface area contributed by atoms with Gasteiger partial charge in [-0.05, 0) is 57.5 Å². The van der Waals surface area contributed by atoms with Gasteiger partial charge in [0.15, 0.2) is 0 Å². The average Bonchev–Trinajstić information content (AvgIpc) is 2.80. The monoisotopic (exact) mass is 224 g/mol. The maximum Gasteiger partial charge on any atom is 0.0195 e. The highest BCUT2D eigenvalue weighted by Gasteiger charge is 2.25. The van der Waals surface area contributed by atoms with E-state index in [9.17, 15) is 0 Å². The third kappa shape index (κ3) is 3.21. The van der Waals surface area contributed by atoms with Crippen LogP contribution in [0.5, 0.6) is 0 Å². The lowest BCUT2D eigenvalue weighted by molar-refractivity contribution is 0.136. The normalized spacial score (nSPS) is 35.8. The van der Waals surface area contributed by atoms with Crippen molar-refractivity contribution < 1.29 is 0 Å². The van der Waals surface area contributed by atoms with Gasteiger partial charge >= 0.3 is 0 Å². The number of nitrogens with one attached hydrogen (secondary N) is 1. The van der Waals surface area contributed by atoms with Crippen molar-refractivity contribution >= 4 is 0 Å². The third-order valence-corrected chi connectivity index (χ3v) is 4.53. The lowest BCUT2D eigenvalue weighted by Gasteiger charge is -2.36. The van der Waals surface area contributed by atoms with Gasteiger partial charge in [0.1, 0.15) is 0 Å². The maximum atomic E-state index is 3.63. The Morgan fingerprint density at radius 2 is 1.88 bits per heavy atom. The fourth-order valence-electron chi connectivity index (χ4n) is 3.34. The number of hydrogen-bond acceptors (Lipinski definition) is 2. The summed E-state index contributed by atoms with van der Waals surface area (Å²) < 4.78 is 0. The second-order valence-electron chi connectivity index (χ2n) is 5.79. The minimum absolute atomic E-state index is 0.777. The standard InChI is InChI=1S/C14H28N2/c1-3-16(11-13-5-4-10-15-13)14-8-6-12(2)7-9-14/h12-15H,3-11H2,1-2H3. The molecule has 1 aliphatic heterocycles. The summed E-state index contributed by atoms with van der Waals surface area (Å²) in [6.07, 6.45) is 8.52. The van der Waals surface area contributed by atoms with Crippen LogP contribution in [-0.2, 0) is 0 Å². The second kappa shape index (κ2) is 6.02. The Hall–Kier alpha value is -0.0800. The Labute approximate surface area is 101 Å². The Bertz CT molecular complexity index is 191. The molecule has 0 aromatic heterocycles. The first-order chi connectivity index (χ1) is 7.79. The SMILES string of the molecule is CCN(CC1CCCN1)C1CCC(C)CC1. The molecule has 1 saturated carbocycles. The van der Waals surface area contributed by atoms with Gasteiger partial charge in [-0.3, -0.25) is 4.90 Å². The van der Waals surface area contributed by atoms with Crippen molar-refractivity contribution in [3.63, 3.8) is 0 Å². The fourth-order valence-corrected chi connectivity index (χ4v) is 3.34. The molecular weight excluding hydrogens is 196 g/mol. The number of rotatable bonds is 4. The molecule has 1 aliphatic carbocycles. The van der Waals surface area contributed by atoms with Crippen molar-refractivity contribution in [3.8, 4) is 0 Å². The van der Waals surface area contributed by atoms with E-state index in [4.69, 9.17) is 0 Å². The number of hydrogen-bond donors (Lipinski definition) is 1. The summed E-state index contributed by atoms with van der Waals surface area (Å²) in [6.45, 7) is 8.49. The zero-order chi connectivity index (χ0) is 11.4. The molecule has 0 radical (unpaired) electrons. The predicted molar refractivity (Wildman–Crippen MR) is 69.7 cm³/mol. The minimum Gasteiger partial charge on any atom is -0.313 e. The van der Waals surface area contributed by atoms with Crippen molar-refractivity contribution in [3.05, 3.63) is 0 Å². The molecule has 1 unspecified atom stereocenters. The molecule has 0 aromatic rings. The summed E-state index contributed by atoms with van der Waals surface area (Å²) >= 11 is 0. The Kier molecular flexibility index (Phi) is 4.66. The summed E-state index contributed by atoms with van der Waals surface area (Å²) in [5.74, 6) is 0.972. The quantitative estimate of drug-likeness (QED) is 0.790. The molecule has 1 atom stereocenters. The van der Waals surface area contributed by atoms with Crippen molar-refractivity contribution in [2.45, 2.75) is 64.5 Å². The summed E-state index contributed by atoms with van der Waals surface area (Å²) in [4.78, 5) is 2.73. The minimum atomic E-state index is 0.777. The lowest BCUT2D eigenvalue weighted by Crippen LogP contribution is -2.44. The van der Waals surface area contributed by atoms with Crippen LogP contribution in [-0.4, -0.2) is 36.6 Å². The Morgan fingerprint density at radius 3 is 2.44 bits per heavy atom. The molecule has 2 aliphatic rings. The predicted octanol–water partition coefficient (Wildman–Crippen LogP) is 2.64. The number of nitrogens with zero attached hydrogens (tertiary/aromatic N) is 1. The van der Waals surface area contributed by atoms with Gasteiger partial charge in [0.2, 0.25) is 0 Å². The van der Waals surface area contributed by atoms with Crippen LogP contribution in [0.1, 0.15) is 52.4 Å². The molecule has 94 valence electrons. The van der Waals surface area contributed by atoms with Crippen LogP contribution in [0.15, 0.2) is 0 Å². The molecule has 2 heteroatoms. The van der Waals surface area contributed by atoms with Crippen LogP contribution < -0.4 is 5.32 Å². The van der Waals surface area contributed by atoms with Gasteiger partial charge in [-0.1, -0.05) is 13.8 Å². The first-order valence-electron chi connectivity index (χ1n) is 7.27. The van der Waals surface area contributed by atoms with E-state index in [1.165, 1.54) is 58.2 Å². The molecule has 0 spiro atoms. The van der Waals surface area contributed by atoms with Crippen LogP contribution in [0.4, 0.5) is 0 Å². The topological polar surface area (TPSA) is 15.3 Å². The molecule has 0 amide bonds. The van der Waals surface area contributed by atoms with Crippen LogP contribution in [0.3, 0.4) is 0 Å². The summed E-state index contributed by atoms with van der Waals surface area (Å²) in [6, 6.07) is 1.66. The highest BCUT2D eigenvalue weighted by Crippen LogP contribution is 2.27. The van der Waals surface area contributed by atoms with Crippen molar-refractivity contribution in [1.82, 2.24) is 10.2 Å². The molecular formula is C14H28N2. The molecule has 2 nitrogen and oxygen atoms in total. The highest BCUT2D eigenvalue weighted by molar-refractivity contribution is 4.83. The molecule has 2 rings (SSSR count). The fraction of sp³-hybridized carbons (Fsp3) is 1.00. The van der Waals surface area contributed by atoms with E-state index in [1.807, 2.05) is 0 Å². The largest absolute Gasteiger partial charge is 0.313 e. The Morgan fingerprint density at radius 1 is 1.12 bits per heavy atom. The molecule has 2 fully saturated rings. The van der Waals surface area contributed by atoms with E-state index >= 15 is 0 Å². The smallest absolute Gasteiger partial charge is 0.0195 e. The molecule has 1 heterocycles. The van der Waals surface area contributed by atoms with Crippen molar-refractivity contribution in [2.24, 2.45) is 5.92 Å². The molecule has 1 N–H and O–H groups in total. The van der Waals surface area contributed by atoms with Crippen molar-refractivity contribution in [1.29, 1.82) is 0 Å². The van der Waals surface area contributed by atoms with E-state index in [-0.39, 0.29) is 0 Å². The highest BCUT2D eigenvalue weighted by atomic mass is 15.2. The summed E-state index contributed by atoms with van der Waals surface area (Å²) in [7, 11) is 0. The van der Waals surface area contributed by atoms with Gasteiger partial charge in [-0.2, -0.15) is 0 Å². The van der Waals surface area contributed by atoms with Crippen LogP contribution in [0, 0.1) is 5.92 Å². The van der Waals surface area contributed by atoms with Gasteiger partial charge in [0.05, 0.1) is 0 Å². The van der Waals surface area contributed by atoms with Gasteiger partial charge < -0.3 is 5.32 Å². The summed E-state index contributed by atoms with van der Waals surface area (Å²) in [5, 5.41) is 3.63. The van der Waals surface area contributed by atoms with Crippen LogP contribution in [0.25, 0.3) is 0 Å². The second-order valence-corrected chi connectivity index (χ2v) is 5.79. The van der Waals surface area contributed by atoms with Crippen LogP contribution >= 0.6 is 0 Å². The van der Waals surface area contributed by atoms with E-state index in [0.29, 0.717) is 0 Å². The average molecular weight is 224 g/mol. The first-order valence-corrected chi connectivity index (χ1v) is 7.27. The molecule has 0 aromatic carbocycles. The first kappa shape index (κ1) is 12.4. The number of likely N-dealkylation sites (N-methyl/N-ethyl adjacent to an activating group) is 1. The maximum absolute atomic E-state index is 3.63. The van der Waals surface area contributed by atoms with Gasteiger partial charge in [0, 0.05) is 18.6 Å². The Balaban J connectivity index is 1.79. The molecule has 16 heavy (non-hydrogen) atoms. The molecule has 1 saturated heterocycles. The summed E-state index contributed by atoms with van der Waals surface area (Å²) in [5.41, 5.74) is 0. The van der Waals surface area contributed by atoms with E-state index < -0.39 is 0 Å². The lowest BCUT2D eigenvalue weighted by atomic mass is 9.86. The van der Waals surface area contributed by atoms with Crippen LogP contribution in [0.2, 0.25) is 0 Å². The van der Waals surface area contributed by atoms with E-state index in [2.05, 4.69) is 24.1 Å².